The third-order valence-corrected chi connectivity index (χ3v) is 5.72. The normalized spacial score (nSPS) is 18.1. The van der Waals surface area contributed by atoms with Crippen LogP contribution in [0.1, 0.15) is 24.2 Å². The van der Waals surface area contributed by atoms with Gasteiger partial charge in [0.05, 0.1) is 30.9 Å². The van der Waals surface area contributed by atoms with Crippen molar-refractivity contribution in [3.8, 4) is 5.88 Å². The van der Waals surface area contributed by atoms with Crippen LogP contribution < -0.4 is 9.46 Å². The Bertz CT molecular complexity index is 821. The highest BCUT2D eigenvalue weighted by atomic mass is 32.2. The molecular formula is C16H23N5O3S. The molecule has 0 saturated carbocycles. The number of methoxy groups -OCH3 is 1. The van der Waals surface area contributed by atoms with E-state index in [0.717, 1.165) is 17.8 Å². The highest BCUT2D eigenvalue weighted by Crippen LogP contribution is 2.24. The standard InChI is InChI=1S/C16H23N5O3S/c1-3-25(22,23)19-8-15-11-20(10-14-7-17-12-21(14)15)9-13-5-4-6-18-16(13)24-2/h4-7,12,15,19H,3,8-11H2,1-2H3/t15-/m1/s1. The largest absolute Gasteiger partial charge is 0.481 e. The maximum Gasteiger partial charge on any atom is 0.217 e. The van der Waals surface area contributed by atoms with Gasteiger partial charge in [-0.25, -0.2) is 23.1 Å². The molecule has 0 spiro atoms. The van der Waals surface area contributed by atoms with E-state index in [1.807, 2.05) is 18.3 Å². The van der Waals surface area contributed by atoms with Gasteiger partial charge in [0, 0.05) is 44.1 Å². The number of pyridine rings is 1. The van der Waals surface area contributed by atoms with Crippen molar-refractivity contribution < 1.29 is 13.2 Å². The summed E-state index contributed by atoms with van der Waals surface area (Å²) in [4.78, 5) is 10.7. The second-order valence-electron chi connectivity index (χ2n) is 6.04. The van der Waals surface area contributed by atoms with Crippen molar-refractivity contribution in [1.29, 1.82) is 0 Å². The van der Waals surface area contributed by atoms with Crippen LogP contribution in [0.3, 0.4) is 0 Å². The average Bonchev–Trinajstić information content (AvgIpc) is 3.09. The van der Waals surface area contributed by atoms with E-state index in [4.69, 9.17) is 4.74 Å². The van der Waals surface area contributed by atoms with Gasteiger partial charge >= 0.3 is 0 Å². The van der Waals surface area contributed by atoms with Gasteiger partial charge in [0.1, 0.15) is 0 Å². The minimum absolute atomic E-state index is 0.00441. The number of hydrogen-bond donors (Lipinski definition) is 1. The van der Waals surface area contributed by atoms with Crippen LogP contribution >= 0.6 is 0 Å². The Morgan fingerprint density at radius 1 is 1.44 bits per heavy atom. The first-order chi connectivity index (χ1) is 12.0. The summed E-state index contributed by atoms with van der Waals surface area (Å²) < 4.78 is 33.6. The predicted molar refractivity (Wildman–Crippen MR) is 93.6 cm³/mol. The van der Waals surface area contributed by atoms with E-state index < -0.39 is 10.0 Å². The Kier molecular flexibility index (Phi) is 5.36. The monoisotopic (exact) mass is 365 g/mol. The van der Waals surface area contributed by atoms with Crippen molar-refractivity contribution in [2.24, 2.45) is 0 Å². The fourth-order valence-electron chi connectivity index (χ4n) is 3.04. The van der Waals surface area contributed by atoms with E-state index in [0.29, 0.717) is 25.5 Å². The number of aromatic nitrogens is 3. The van der Waals surface area contributed by atoms with E-state index in [-0.39, 0.29) is 11.8 Å². The molecule has 0 amide bonds. The number of hydrogen-bond acceptors (Lipinski definition) is 6. The molecule has 1 aliphatic heterocycles. The molecular weight excluding hydrogens is 342 g/mol. The molecule has 0 bridgehead atoms. The van der Waals surface area contributed by atoms with Gasteiger partial charge < -0.3 is 9.30 Å². The van der Waals surface area contributed by atoms with E-state index in [1.165, 1.54) is 0 Å². The summed E-state index contributed by atoms with van der Waals surface area (Å²) in [6, 6.07) is 3.88. The molecule has 0 aliphatic carbocycles. The summed E-state index contributed by atoms with van der Waals surface area (Å²) in [5.41, 5.74) is 2.07. The topological polar surface area (TPSA) is 89.3 Å². The van der Waals surface area contributed by atoms with Crippen LogP contribution in [0.5, 0.6) is 5.88 Å². The molecule has 2 aromatic rings. The van der Waals surface area contributed by atoms with Crippen LogP contribution in [0.15, 0.2) is 30.9 Å². The molecule has 0 aromatic carbocycles. The minimum Gasteiger partial charge on any atom is -0.481 e. The molecule has 3 heterocycles. The Balaban J connectivity index is 1.75. The van der Waals surface area contributed by atoms with E-state index >= 15 is 0 Å². The summed E-state index contributed by atoms with van der Waals surface area (Å²) in [6.07, 6.45) is 5.30. The summed E-state index contributed by atoms with van der Waals surface area (Å²) >= 11 is 0. The molecule has 0 radical (unpaired) electrons. The molecule has 0 fully saturated rings. The van der Waals surface area contributed by atoms with Crippen LogP contribution in [0, 0.1) is 0 Å². The zero-order valence-electron chi connectivity index (χ0n) is 14.4. The molecule has 8 nitrogen and oxygen atoms in total. The molecule has 1 atom stereocenters. The summed E-state index contributed by atoms with van der Waals surface area (Å²) in [5, 5.41) is 0. The van der Waals surface area contributed by atoms with E-state index in [9.17, 15) is 8.42 Å². The summed E-state index contributed by atoms with van der Waals surface area (Å²) in [7, 11) is -1.61. The van der Waals surface area contributed by atoms with E-state index in [1.54, 1.807) is 26.6 Å². The smallest absolute Gasteiger partial charge is 0.217 e. The van der Waals surface area contributed by atoms with Gasteiger partial charge in [-0.15, -0.1) is 0 Å². The number of sulfonamides is 1. The molecule has 0 saturated heterocycles. The lowest BCUT2D eigenvalue weighted by Crippen LogP contribution is -2.42. The number of fused-ring (bicyclic) bond motifs is 1. The molecule has 0 unspecified atom stereocenters. The zero-order valence-corrected chi connectivity index (χ0v) is 15.2. The fraction of sp³-hybridized carbons (Fsp3) is 0.500. The van der Waals surface area contributed by atoms with Crippen molar-refractivity contribution in [3.63, 3.8) is 0 Å². The molecule has 3 rings (SSSR count). The summed E-state index contributed by atoms with van der Waals surface area (Å²) in [6.45, 7) is 4.12. The van der Waals surface area contributed by atoms with Gasteiger partial charge in [-0.3, -0.25) is 4.90 Å². The fourth-order valence-corrected chi connectivity index (χ4v) is 3.69. The van der Waals surface area contributed by atoms with Crippen LogP contribution in [-0.4, -0.2) is 53.8 Å². The Morgan fingerprint density at radius 3 is 3.04 bits per heavy atom. The van der Waals surface area contributed by atoms with Crippen molar-refractivity contribution in [2.45, 2.75) is 26.1 Å². The van der Waals surface area contributed by atoms with Crippen LogP contribution in [0.25, 0.3) is 0 Å². The maximum absolute atomic E-state index is 11.8. The SMILES string of the molecule is CCS(=O)(=O)NC[C@@H]1CN(Cc2cccnc2OC)Cc2cncn21. The average molecular weight is 365 g/mol. The number of rotatable bonds is 7. The number of nitrogens with zero attached hydrogens (tertiary/aromatic N) is 4. The van der Waals surface area contributed by atoms with Crippen molar-refractivity contribution in [2.75, 3.05) is 26.0 Å². The first-order valence-corrected chi connectivity index (χ1v) is 9.86. The van der Waals surface area contributed by atoms with Gasteiger partial charge in [0.15, 0.2) is 0 Å². The highest BCUT2D eigenvalue weighted by molar-refractivity contribution is 7.89. The number of ether oxygens (including phenoxy) is 1. The minimum atomic E-state index is -3.22. The first-order valence-electron chi connectivity index (χ1n) is 8.20. The predicted octanol–water partition coefficient (Wildman–Crippen LogP) is 0.783. The quantitative estimate of drug-likeness (QED) is 0.780. The Labute approximate surface area is 147 Å². The van der Waals surface area contributed by atoms with Crippen molar-refractivity contribution in [3.05, 3.63) is 42.1 Å². The molecule has 2 aromatic heterocycles. The lowest BCUT2D eigenvalue weighted by atomic mass is 10.1. The zero-order chi connectivity index (χ0) is 17.9. The maximum atomic E-state index is 11.8. The van der Waals surface area contributed by atoms with Gasteiger partial charge in [0.2, 0.25) is 15.9 Å². The van der Waals surface area contributed by atoms with Crippen LogP contribution in [-0.2, 0) is 23.1 Å². The van der Waals surface area contributed by atoms with Gasteiger partial charge in [-0.2, -0.15) is 0 Å². The van der Waals surface area contributed by atoms with Gasteiger partial charge in [0.25, 0.3) is 0 Å². The first kappa shape index (κ1) is 17.8. The van der Waals surface area contributed by atoms with Crippen LogP contribution in [0.2, 0.25) is 0 Å². The van der Waals surface area contributed by atoms with Gasteiger partial charge in [-0.1, -0.05) is 6.07 Å². The Morgan fingerprint density at radius 2 is 2.28 bits per heavy atom. The third kappa shape index (κ3) is 4.17. The second-order valence-corrected chi connectivity index (χ2v) is 8.13. The molecule has 136 valence electrons. The highest BCUT2D eigenvalue weighted by Gasteiger charge is 2.26. The Hall–Kier alpha value is -1.97. The number of imidazole rings is 1. The molecule has 25 heavy (non-hydrogen) atoms. The molecule has 1 aliphatic rings. The van der Waals surface area contributed by atoms with Crippen molar-refractivity contribution >= 4 is 10.0 Å². The van der Waals surface area contributed by atoms with Gasteiger partial charge in [-0.05, 0) is 13.0 Å². The lowest BCUT2D eigenvalue weighted by Gasteiger charge is -2.34. The van der Waals surface area contributed by atoms with E-state index in [2.05, 4.69) is 24.2 Å². The summed E-state index contributed by atoms with van der Waals surface area (Å²) in [5.74, 6) is 0.692. The molecule has 1 N–H and O–H groups in total. The molecule has 9 heteroatoms. The second kappa shape index (κ2) is 7.51. The third-order valence-electron chi connectivity index (χ3n) is 4.35. The van der Waals surface area contributed by atoms with Crippen molar-refractivity contribution in [1.82, 2.24) is 24.2 Å². The lowest BCUT2D eigenvalue weighted by molar-refractivity contribution is 0.175. The van der Waals surface area contributed by atoms with Crippen LogP contribution in [0.4, 0.5) is 0 Å². The number of nitrogens with one attached hydrogen (secondary N) is 1.